The molecule has 1 fully saturated rings. The summed E-state index contributed by atoms with van der Waals surface area (Å²) in [5.41, 5.74) is 1.72. The highest BCUT2D eigenvalue weighted by Crippen LogP contribution is 2.19. The molecule has 1 aliphatic carbocycles. The molecule has 3 rings (SSSR count). The largest absolute Gasteiger partial charge is 0.497 e. The zero-order chi connectivity index (χ0) is 17.6. The van der Waals surface area contributed by atoms with E-state index in [0.29, 0.717) is 22.4 Å². The highest BCUT2D eigenvalue weighted by molar-refractivity contribution is 6.09. The van der Waals surface area contributed by atoms with Crippen molar-refractivity contribution in [3.05, 3.63) is 65.2 Å². The van der Waals surface area contributed by atoms with Gasteiger partial charge in [-0.3, -0.25) is 9.59 Å². The molecule has 0 spiro atoms. The van der Waals surface area contributed by atoms with E-state index in [2.05, 4.69) is 5.32 Å². The Bertz CT molecular complexity index is 746. The Morgan fingerprint density at radius 3 is 2.28 bits per heavy atom. The third-order valence-corrected chi connectivity index (χ3v) is 4.68. The van der Waals surface area contributed by atoms with Gasteiger partial charge in [-0.1, -0.05) is 43.5 Å². The second-order valence-corrected chi connectivity index (χ2v) is 6.45. The molecule has 1 N–H and O–H groups in total. The zero-order valence-corrected chi connectivity index (χ0v) is 14.5. The van der Waals surface area contributed by atoms with Gasteiger partial charge in [-0.25, -0.2) is 0 Å². The second kappa shape index (κ2) is 7.97. The van der Waals surface area contributed by atoms with Gasteiger partial charge in [0.05, 0.1) is 7.11 Å². The fraction of sp³-hybridized carbons (Fsp3) is 0.333. The zero-order valence-electron chi connectivity index (χ0n) is 14.5. The average molecular weight is 337 g/mol. The minimum Gasteiger partial charge on any atom is -0.497 e. The average Bonchev–Trinajstić information content (AvgIpc) is 2.68. The lowest BCUT2D eigenvalue weighted by molar-refractivity contribution is 0.0926. The molecule has 2 aromatic carbocycles. The Labute approximate surface area is 148 Å². The molecular weight excluding hydrogens is 314 g/mol. The molecule has 1 saturated carbocycles. The Morgan fingerprint density at radius 1 is 0.920 bits per heavy atom. The van der Waals surface area contributed by atoms with Crippen LogP contribution in [0, 0.1) is 0 Å². The van der Waals surface area contributed by atoms with E-state index in [1.165, 1.54) is 19.3 Å². The van der Waals surface area contributed by atoms with Gasteiger partial charge in [-0.2, -0.15) is 0 Å². The smallest absolute Gasteiger partial charge is 0.251 e. The van der Waals surface area contributed by atoms with Crippen LogP contribution in [0.4, 0.5) is 0 Å². The van der Waals surface area contributed by atoms with Crippen LogP contribution >= 0.6 is 0 Å². The van der Waals surface area contributed by atoms with Crippen LogP contribution in [0.5, 0.6) is 5.75 Å². The third kappa shape index (κ3) is 4.27. The van der Waals surface area contributed by atoms with Crippen LogP contribution in [0.2, 0.25) is 0 Å². The number of carbonyl (C=O) groups excluding carboxylic acids is 2. The highest BCUT2D eigenvalue weighted by atomic mass is 16.5. The second-order valence-electron chi connectivity index (χ2n) is 6.45. The van der Waals surface area contributed by atoms with Gasteiger partial charge in [0.1, 0.15) is 5.75 Å². The molecule has 4 nitrogen and oxygen atoms in total. The maximum absolute atomic E-state index is 12.6. The highest BCUT2D eigenvalue weighted by Gasteiger charge is 2.17. The lowest BCUT2D eigenvalue weighted by Gasteiger charge is -2.22. The number of methoxy groups -OCH3 is 1. The van der Waals surface area contributed by atoms with Crippen molar-refractivity contribution in [2.45, 2.75) is 38.1 Å². The topological polar surface area (TPSA) is 55.4 Å². The van der Waals surface area contributed by atoms with E-state index in [1.807, 2.05) is 0 Å². The lowest BCUT2D eigenvalue weighted by Crippen LogP contribution is -2.36. The molecule has 0 aliphatic heterocycles. The molecule has 2 aromatic rings. The van der Waals surface area contributed by atoms with E-state index in [1.54, 1.807) is 55.6 Å². The number of hydrogen-bond donors (Lipinski definition) is 1. The predicted molar refractivity (Wildman–Crippen MR) is 97.2 cm³/mol. The lowest BCUT2D eigenvalue weighted by atomic mass is 9.95. The molecule has 0 unspecified atom stereocenters. The molecule has 130 valence electrons. The summed E-state index contributed by atoms with van der Waals surface area (Å²) in [6.45, 7) is 0. The summed E-state index contributed by atoms with van der Waals surface area (Å²) in [5.74, 6) is 0.500. The summed E-state index contributed by atoms with van der Waals surface area (Å²) in [6.07, 6.45) is 5.72. The number of benzene rings is 2. The summed E-state index contributed by atoms with van der Waals surface area (Å²) in [4.78, 5) is 24.9. The van der Waals surface area contributed by atoms with Crippen LogP contribution < -0.4 is 10.1 Å². The molecule has 0 heterocycles. The van der Waals surface area contributed by atoms with Gasteiger partial charge in [-0.05, 0) is 37.1 Å². The van der Waals surface area contributed by atoms with Crippen molar-refractivity contribution in [2.24, 2.45) is 0 Å². The SMILES string of the molecule is COc1cccc(C(=O)c2ccc(C(=O)NC3CCCCC3)cc2)c1. The van der Waals surface area contributed by atoms with Crippen LogP contribution in [-0.2, 0) is 0 Å². The fourth-order valence-corrected chi connectivity index (χ4v) is 3.22. The van der Waals surface area contributed by atoms with Gasteiger partial charge >= 0.3 is 0 Å². The van der Waals surface area contributed by atoms with Crippen molar-refractivity contribution in [1.29, 1.82) is 0 Å². The number of carbonyl (C=O) groups is 2. The van der Waals surface area contributed by atoms with Crippen LogP contribution in [0.1, 0.15) is 58.4 Å². The first-order valence-corrected chi connectivity index (χ1v) is 8.77. The maximum Gasteiger partial charge on any atom is 0.251 e. The summed E-state index contributed by atoms with van der Waals surface area (Å²) in [6, 6.07) is 14.2. The van der Waals surface area contributed by atoms with Crippen LogP contribution in [-0.4, -0.2) is 24.8 Å². The first-order chi connectivity index (χ1) is 12.2. The van der Waals surface area contributed by atoms with Crippen molar-refractivity contribution in [3.63, 3.8) is 0 Å². The number of rotatable bonds is 5. The Kier molecular flexibility index (Phi) is 5.49. The van der Waals surface area contributed by atoms with Crippen molar-refractivity contribution in [3.8, 4) is 5.75 Å². The Morgan fingerprint density at radius 2 is 1.60 bits per heavy atom. The molecule has 1 aliphatic rings. The third-order valence-electron chi connectivity index (χ3n) is 4.68. The number of ether oxygens (including phenoxy) is 1. The normalized spacial score (nSPS) is 14.8. The number of amides is 1. The summed E-state index contributed by atoms with van der Waals surface area (Å²) in [7, 11) is 1.57. The minimum absolute atomic E-state index is 0.0627. The van der Waals surface area contributed by atoms with E-state index in [4.69, 9.17) is 4.74 Å². The molecule has 25 heavy (non-hydrogen) atoms. The van der Waals surface area contributed by atoms with Crippen molar-refractivity contribution >= 4 is 11.7 Å². The molecule has 0 atom stereocenters. The van der Waals surface area contributed by atoms with Gasteiger partial charge in [0, 0.05) is 22.7 Å². The van der Waals surface area contributed by atoms with E-state index in [0.717, 1.165) is 12.8 Å². The molecule has 0 aromatic heterocycles. The molecule has 1 amide bonds. The number of ketones is 1. The van der Waals surface area contributed by atoms with Crippen molar-refractivity contribution in [2.75, 3.05) is 7.11 Å². The minimum atomic E-state index is -0.0851. The number of nitrogens with one attached hydrogen (secondary N) is 1. The van der Waals surface area contributed by atoms with Crippen LogP contribution in [0.3, 0.4) is 0 Å². The van der Waals surface area contributed by atoms with E-state index in [9.17, 15) is 9.59 Å². The summed E-state index contributed by atoms with van der Waals surface area (Å²) in [5, 5.41) is 3.09. The van der Waals surface area contributed by atoms with Crippen LogP contribution in [0.15, 0.2) is 48.5 Å². The first-order valence-electron chi connectivity index (χ1n) is 8.77. The van der Waals surface area contributed by atoms with E-state index in [-0.39, 0.29) is 17.7 Å². The molecule has 0 saturated heterocycles. The van der Waals surface area contributed by atoms with Gasteiger partial charge in [0.2, 0.25) is 0 Å². The summed E-state index contributed by atoms with van der Waals surface area (Å²) >= 11 is 0. The van der Waals surface area contributed by atoms with Gasteiger partial charge in [-0.15, -0.1) is 0 Å². The predicted octanol–water partition coefficient (Wildman–Crippen LogP) is 3.99. The quantitative estimate of drug-likeness (QED) is 0.839. The molecule has 4 heteroatoms. The summed E-state index contributed by atoms with van der Waals surface area (Å²) < 4.78 is 5.16. The first kappa shape index (κ1) is 17.2. The van der Waals surface area contributed by atoms with Gasteiger partial charge in [0.15, 0.2) is 5.78 Å². The Balaban J connectivity index is 1.68. The molecule has 0 bridgehead atoms. The molecular formula is C21H23NO3. The standard InChI is InChI=1S/C21H23NO3/c1-25-19-9-5-6-17(14-19)20(23)15-10-12-16(13-11-15)21(24)22-18-7-3-2-4-8-18/h5-6,9-14,18H,2-4,7-8H2,1H3,(H,22,24). The number of hydrogen-bond acceptors (Lipinski definition) is 3. The molecule has 0 radical (unpaired) electrons. The van der Waals surface area contributed by atoms with E-state index >= 15 is 0 Å². The van der Waals surface area contributed by atoms with E-state index < -0.39 is 0 Å². The van der Waals surface area contributed by atoms with Crippen molar-refractivity contribution in [1.82, 2.24) is 5.32 Å². The van der Waals surface area contributed by atoms with Crippen molar-refractivity contribution < 1.29 is 14.3 Å². The van der Waals surface area contributed by atoms with Gasteiger partial charge in [0.25, 0.3) is 5.91 Å². The van der Waals surface area contributed by atoms with Gasteiger partial charge < -0.3 is 10.1 Å². The fourth-order valence-electron chi connectivity index (χ4n) is 3.22. The maximum atomic E-state index is 12.6. The van der Waals surface area contributed by atoms with Crippen LogP contribution in [0.25, 0.3) is 0 Å². The Hall–Kier alpha value is -2.62. The monoisotopic (exact) mass is 337 g/mol.